The SMILES string of the molecule is CCCC(CCCCc1ccc(-c2cccc(C)c2)cc1)C(=O)O. The lowest BCUT2D eigenvalue weighted by Gasteiger charge is -2.10. The molecule has 0 saturated carbocycles. The van der Waals surface area contributed by atoms with Crippen LogP contribution in [0.3, 0.4) is 0 Å². The third kappa shape index (κ3) is 5.52. The first-order chi connectivity index (χ1) is 11.6. The molecule has 0 spiro atoms. The van der Waals surface area contributed by atoms with Crippen molar-refractivity contribution < 1.29 is 9.90 Å². The van der Waals surface area contributed by atoms with Crippen LogP contribution in [0.5, 0.6) is 0 Å². The minimum absolute atomic E-state index is 0.168. The largest absolute Gasteiger partial charge is 0.481 e. The molecule has 0 heterocycles. The molecule has 1 atom stereocenters. The lowest BCUT2D eigenvalue weighted by atomic mass is 9.95. The lowest BCUT2D eigenvalue weighted by molar-refractivity contribution is -0.142. The van der Waals surface area contributed by atoms with Crippen LogP contribution in [0.25, 0.3) is 11.1 Å². The van der Waals surface area contributed by atoms with Gasteiger partial charge in [-0.25, -0.2) is 0 Å². The Morgan fingerprint density at radius 1 is 1.00 bits per heavy atom. The predicted molar refractivity (Wildman–Crippen MR) is 100 cm³/mol. The quantitative estimate of drug-likeness (QED) is 0.585. The Bertz CT molecular complexity index is 643. The first-order valence-corrected chi connectivity index (χ1v) is 8.99. The van der Waals surface area contributed by atoms with Crippen LogP contribution < -0.4 is 0 Å². The Hall–Kier alpha value is -2.09. The zero-order valence-corrected chi connectivity index (χ0v) is 14.8. The van der Waals surface area contributed by atoms with E-state index in [1.807, 2.05) is 6.92 Å². The summed E-state index contributed by atoms with van der Waals surface area (Å²) in [5.41, 5.74) is 5.10. The number of rotatable bonds is 9. The summed E-state index contributed by atoms with van der Waals surface area (Å²) in [5.74, 6) is -0.807. The summed E-state index contributed by atoms with van der Waals surface area (Å²) in [4.78, 5) is 11.1. The highest BCUT2D eigenvalue weighted by molar-refractivity contribution is 5.69. The van der Waals surface area contributed by atoms with E-state index in [4.69, 9.17) is 0 Å². The second kappa shape index (κ2) is 9.27. The van der Waals surface area contributed by atoms with Crippen molar-refractivity contribution >= 4 is 5.97 Å². The van der Waals surface area contributed by atoms with E-state index in [2.05, 4.69) is 55.5 Å². The highest BCUT2D eigenvalue weighted by atomic mass is 16.4. The van der Waals surface area contributed by atoms with Crippen molar-refractivity contribution in [1.82, 2.24) is 0 Å². The van der Waals surface area contributed by atoms with Crippen molar-refractivity contribution in [2.24, 2.45) is 5.92 Å². The molecular formula is C22H28O2. The molecule has 0 aliphatic carbocycles. The van der Waals surface area contributed by atoms with Crippen LogP contribution in [0.15, 0.2) is 48.5 Å². The Kier molecular flexibility index (Phi) is 7.05. The van der Waals surface area contributed by atoms with Crippen LogP contribution in [0.2, 0.25) is 0 Å². The molecule has 0 aliphatic rings. The smallest absolute Gasteiger partial charge is 0.306 e. The zero-order valence-electron chi connectivity index (χ0n) is 14.8. The Balaban J connectivity index is 1.83. The summed E-state index contributed by atoms with van der Waals surface area (Å²) >= 11 is 0. The van der Waals surface area contributed by atoms with Gasteiger partial charge in [-0.3, -0.25) is 4.79 Å². The highest BCUT2D eigenvalue weighted by Crippen LogP contribution is 2.22. The predicted octanol–water partition coefficient (Wildman–Crippen LogP) is 5.88. The molecule has 2 aromatic carbocycles. The van der Waals surface area contributed by atoms with E-state index >= 15 is 0 Å². The van der Waals surface area contributed by atoms with E-state index < -0.39 is 5.97 Å². The summed E-state index contributed by atoms with van der Waals surface area (Å²) < 4.78 is 0. The first-order valence-electron chi connectivity index (χ1n) is 8.99. The van der Waals surface area contributed by atoms with Gasteiger partial charge in [0.1, 0.15) is 0 Å². The van der Waals surface area contributed by atoms with Crippen LogP contribution in [0, 0.1) is 12.8 Å². The summed E-state index contributed by atoms with van der Waals surface area (Å²) in [6, 6.07) is 17.3. The zero-order chi connectivity index (χ0) is 17.4. The van der Waals surface area contributed by atoms with Gasteiger partial charge in [-0.1, -0.05) is 73.9 Å². The van der Waals surface area contributed by atoms with E-state index in [1.165, 1.54) is 22.3 Å². The maximum atomic E-state index is 11.1. The molecular weight excluding hydrogens is 296 g/mol. The number of benzene rings is 2. The van der Waals surface area contributed by atoms with E-state index in [9.17, 15) is 9.90 Å². The molecule has 1 N–H and O–H groups in total. The molecule has 0 saturated heterocycles. The van der Waals surface area contributed by atoms with Crippen molar-refractivity contribution in [2.75, 3.05) is 0 Å². The number of aliphatic carboxylic acids is 1. The number of aryl methyl sites for hydroxylation is 2. The Morgan fingerprint density at radius 2 is 1.75 bits per heavy atom. The fourth-order valence-electron chi connectivity index (χ4n) is 3.15. The fourth-order valence-corrected chi connectivity index (χ4v) is 3.15. The van der Waals surface area contributed by atoms with Gasteiger partial charge < -0.3 is 5.11 Å². The van der Waals surface area contributed by atoms with Crippen LogP contribution in [-0.4, -0.2) is 11.1 Å². The lowest BCUT2D eigenvalue weighted by Crippen LogP contribution is -2.13. The number of unbranched alkanes of at least 4 members (excludes halogenated alkanes) is 1. The van der Waals surface area contributed by atoms with E-state index in [1.54, 1.807) is 0 Å². The van der Waals surface area contributed by atoms with Gasteiger partial charge in [0.15, 0.2) is 0 Å². The van der Waals surface area contributed by atoms with Gasteiger partial charge in [0.2, 0.25) is 0 Å². The second-order valence-corrected chi connectivity index (χ2v) is 6.64. The molecule has 0 fully saturated rings. The molecule has 2 aromatic rings. The first kappa shape index (κ1) is 18.3. The van der Waals surface area contributed by atoms with Crippen molar-refractivity contribution in [1.29, 1.82) is 0 Å². The van der Waals surface area contributed by atoms with Gasteiger partial charge in [0.05, 0.1) is 5.92 Å². The summed E-state index contributed by atoms with van der Waals surface area (Å²) in [7, 11) is 0. The number of carboxylic acids is 1. The van der Waals surface area contributed by atoms with E-state index in [0.29, 0.717) is 0 Å². The molecule has 0 bridgehead atoms. The molecule has 2 rings (SSSR count). The molecule has 0 amide bonds. The minimum atomic E-state index is -0.639. The number of carbonyl (C=O) groups is 1. The molecule has 0 radical (unpaired) electrons. The minimum Gasteiger partial charge on any atom is -0.481 e. The third-order valence-corrected chi connectivity index (χ3v) is 4.56. The normalized spacial score (nSPS) is 12.1. The van der Waals surface area contributed by atoms with Crippen molar-refractivity contribution in [3.63, 3.8) is 0 Å². The number of hydrogen-bond acceptors (Lipinski definition) is 1. The van der Waals surface area contributed by atoms with Gasteiger partial charge in [-0.2, -0.15) is 0 Å². The molecule has 24 heavy (non-hydrogen) atoms. The van der Waals surface area contributed by atoms with Crippen molar-refractivity contribution in [2.45, 2.75) is 52.4 Å². The van der Waals surface area contributed by atoms with Gasteiger partial charge in [-0.15, -0.1) is 0 Å². The van der Waals surface area contributed by atoms with Gasteiger partial charge >= 0.3 is 5.97 Å². The van der Waals surface area contributed by atoms with Gasteiger partial charge in [-0.05, 0) is 49.3 Å². The summed E-state index contributed by atoms with van der Waals surface area (Å²) in [6.07, 6.45) is 5.59. The van der Waals surface area contributed by atoms with Crippen molar-refractivity contribution in [3.8, 4) is 11.1 Å². The average Bonchev–Trinajstić information content (AvgIpc) is 2.58. The monoisotopic (exact) mass is 324 g/mol. The van der Waals surface area contributed by atoms with Crippen LogP contribution in [0.4, 0.5) is 0 Å². The third-order valence-electron chi connectivity index (χ3n) is 4.56. The molecule has 0 aromatic heterocycles. The van der Waals surface area contributed by atoms with Crippen molar-refractivity contribution in [3.05, 3.63) is 59.7 Å². The molecule has 0 aliphatic heterocycles. The Labute approximate surface area is 145 Å². The average molecular weight is 324 g/mol. The van der Waals surface area contributed by atoms with Crippen LogP contribution in [0.1, 0.15) is 50.2 Å². The second-order valence-electron chi connectivity index (χ2n) is 6.64. The number of hydrogen-bond donors (Lipinski definition) is 1. The Morgan fingerprint density at radius 3 is 2.38 bits per heavy atom. The standard InChI is InChI=1S/C22H28O2/c1-3-7-20(22(23)24)10-5-4-9-18-12-14-19(15-13-18)21-11-6-8-17(2)16-21/h6,8,11-16,20H,3-5,7,9-10H2,1-2H3,(H,23,24). The maximum Gasteiger partial charge on any atom is 0.306 e. The van der Waals surface area contributed by atoms with Gasteiger partial charge in [0.25, 0.3) is 0 Å². The van der Waals surface area contributed by atoms with E-state index in [-0.39, 0.29) is 5.92 Å². The molecule has 1 unspecified atom stereocenters. The summed E-state index contributed by atoms with van der Waals surface area (Å²) in [6.45, 7) is 4.16. The number of carboxylic acid groups (broad SMARTS) is 1. The topological polar surface area (TPSA) is 37.3 Å². The fraction of sp³-hybridized carbons (Fsp3) is 0.409. The van der Waals surface area contributed by atoms with Crippen LogP contribution >= 0.6 is 0 Å². The van der Waals surface area contributed by atoms with E-state index in [0.717, 1.165) is 38.5 Å². The molecule has 2 nitrogen and oxygen atoms in total. The van der Waals surface area contributed by atoms with Gasteiger partial charge in [0, 0.05) is 0 Å². The maximum absolute atomic E-state index is 11.1. The summed E-state index contributed by atoms with van der Waals surface area (Å²) in [5, 5.41) is 9.18. The molecule has 2 heteroatoms. The van der Waals surface area contributed by atoms with Crippen LogP contribution in [-0.2, 0) is 11.2 Å². The molecule has 128 valence electrons. The highest BCUT2D eigenvalue weighted by Gasteiger charge is 2.15.